The van der Waals surface area contributed by atoms with Gasteiger partial charge in [-0.2, -0.15) is 0 Å². The molecule has 1 atom stereocenters. The van der Waals surface area contributed by atoms with Crippen molar-refractivity contribution >= 4 is 45.6 Å². The molecular formula is C17H16ClN3O2S. The van der Waals surface area contributed by atoms with E-state index in [0.29, 0.717) is 22.4 Å². The predicted molar refractivity (Wildman–Crippen MR) is 94.7 cm³/mol. The summed E-state index contributed by atoms with van der Waals surface area (Å²) in [7, 11) is 0. The second kappa shape index (κ2) is 6.18. The Labute approximate surface area is 148 Å². The Morgan fingerprint density at radius 2 is 2.17 bits per heavy atom. The van der Waals surface area contributed by atoms with E-state index in [1.165, 1.54) is 4.88 Å². The van der Waals surface area contributed by atoms with Crippen LogP contribution in [0.3, 0.4) is 0 Å². The Bertz CT molecular complexity index is 798. The average Bonchev–Trinajstić information content (AvgIpc) is 3.22. The summed E-state index contributed by atoms with van der Waals surface area (Å²) < 4.78 is 0. The SMILES string of the molecule is O=C(Nc1nc2c(s1)CCC2)C1CC(=O)N(c2ccccc2Cl)C1. The summed E-state index contributed by atoms with van der Waals surface area (Å²) in [5, 5.41) is 4.04. The number of anilines is 2. The van der Waals surface area contributed by atoms with Crippen LogP contribution in [0.15, 0.2) is 24.3 Å². The van der Waals surface area contributed by atoms with Gasteiger partial charge >= 0.3 is 0 Å². The van der Waals surface area contributed by atoms with Crippen LogP contribution in [0.4, 0.5) is 10.8 Å². The number of thiazole rings is 1. The normalized spacial score (nSPS) is 19.6. The number of halogens is 1. The van der Waals surface area contributed by atoms with Crippen LogP contribution in [-0.2, 0) is 22.4 Å². The zero-order valence-electron chi connectivity index (χ0n) is 12.9. The van der Waals surface area contributed by atoms with E-state index in [4.69, 9.17) is 11.6 Å². The standard InChI is InChI=1S/C17H16ClN3O2S/c18-11-4-1-2-6-13(11)21-9-10(8-15(21)22)16(23)20-17-19-12-5-3-7-14(12)24-17/h1-2,4,6,10H,3,5,7-9H2,(H,19,20,23). The summed E-state index contributed by atoms with van der Waals surface area (Å²) in [6.07, 6.45) is 3.38. The number of hydrogen-bond donors (Lipinski definition) is 1. The molecule has 2 amide bonds. The van der Waals surface area contributed by atoms with Crippen LogP contribution >= 0.6 is 22.9 Å². The molecule has 1 fully saturated rings. The van der Waals surface area contributed by atoms with Crippen molar-refractivity contribution in [2.24, 2.45) is 5.92 Å². The zero-order chi connectivity index (χ0) is 16.7. The van der Waals surface area contributed by atoms with Gasteiger partial charge in [-0.15, -0.1) is 11.3 Å². The topological polar surface area (TPSA) is 62.3 Å². The predicted octanol–water partition coefficient (Wildman–Crippen LogP) is 3.28. The fourth-order valence-electron chi connectivity index (χ4n) is 3.24. The first-order valence-corrected chi connectivity index (χ1v) is 9.15. The van der Waals surface area contributed by atoms with Gasteiger partial charge in [0.1, 0.15) is 0 Å². The molecule has 0 radical (unpaired) electrons. The van der Waals surface area contributed by atoms with Gasteiger partial charge in [-0.25, -0.2) is 4.98 Å². The molecule has 7 heteroatoms. The summed E-state index contributed by atoms with van der Waals surface area (Å²) in [5.74, 6) is -0.609. The van der Waals surface area contributed by atoms with Gasteiger partial charge in [-0.1, -0.05) is 23.7 Å². The van der Waals surface area contributed by atoms with Crippen molar-refractivity contribution in [3.63, 3.8) is 0 Å². The monoisotopic (exact) mass is 361 g/mol. The van der Waals surface area contributed by atoms with Crippen LogP contribution < -0.4 is 10.2 Å². The molecule has 1 aromatic carbocycles. The largest absolute Gasteiger partial charge is 0.310 e. The number of carbonyl (C=O) groups excluding carboxylic acids is 2. The van der Waals surface area contributed by atoms with Crippen LogP contribution in [0.2, 0.25) is 5.02 Å². The molecule has 4 rings (SSSR count). The van der Waals surface area contributed by atoms with Gasteiger partial charge in [0.2, 0.25) is 11.8 Å². The molecule has 2 heterocycles. The average molecular weight is 362 g/mol. The molecular weight excluding hydrogens is 346 g/mol. The first-order valence-electron chi connectivity index (χ1n) is 7.96. The van der Waals surface area contributed by atoms with Gasteiger partial charge in [0, 0.05) is 17.8 Å². The molecule has 2 aliphatic rings. The number of nitrogens with zero attached hydrogens (tertiary/aromatic N) is 2. The molecule has 2 aromatic rings. The zero-order valence-corrected chi connectivity index (χ0v) is 14.5. The molecule has 1 aromatic heterocycles. The molecule has 5 nitrogen and oxygen atoms in total. The Morgan fingerprint density at radius 3 is 2.96 bits per heavy atom. The molecule has 1 N–H and O–H groups in total. The number of fused-ring (bicyclic) bond motifs is 1. The van der Waals surface area contributed by atoms with Gasteiger partial charge in [0.05, 0.1) is 22.3 Å². The number of aromatic nitrogens is 1. The molecule has 124 valence electrons. The fourth-order valence-corrected chi connectivity index (χ4v) is 4.53. The maximum Gasteiger partial charge on any atom is 0.231 e. The molecule has 1 saturated heterocycles. The third kappa shape index (κ3) is 2.80. The van der Waals surface area contributed by atoms with Crippen LogP contribution in [0.5, 0.6) is 0 Å². The molecule has 0 bridgehead atoms. The minimum absolute atomic E-state index is 0.0788. The lowest BCUT2D eigenvalue weighted by atomic mass is 10.1. The van der Waals surface area contributed by atoms with Gasteiger partial charge in [-0.05, 0) is 31.4 Å². The minimum atomic E-state index is -0.382. The van der Waals surface area contributed by atoms with Crippen molar-refractivity contribution < 1.29 is 9.59 Å². The highest BCUT2D eigenvalue weighted by molar-refractivity contribution is 7.15. The van der Waals surface area contributed by atoms with Gasteiger partial charge < -0.3 is 10.2 Å². The summed E-state index contributed by atoms with van der Waals surface area (Å²) in [6, 6.07) is 7.19. The number of nitrogens with one attached hydrogen (secondary N) is 1. The van der Waals surface area contributed by atoms with Gasteiger partial charge in [0.25, 0.3) is 0 Å². The Kier molecular flexibility index (Phi) is 4.02. The summed E-state index contributed by atoms with van der Waals surface area (Å²) in [4.78, 5) is 32.1. The van der Waals surface area contributed by atoms with Crippen LogP contribution in [-0.4, -0.2) is 23.3 Å². The first kappa shape index (κ1) is 15.6. The first-order chi connectivity index (χ1) is 11.6. The number of para-hydroxylation sites is 1. The summed E-state index contributed by atoms with van der Waals surface area (Å²) in [6.45, 7) is 0.347. The lowest BCUT2D eigenvalue weighted by Gasteiger charge is -2.17. The van der Waals surface area contributed by atoms with E-state index >= 15 is 0 Å². The van der Waals surface area contributed by atoms with E-state index in [1.54, 1.807) is 28.4 Å². The summed E-state index contributed by atoms with van der Waals surface area (Å²) >= 11 is 7.71. The molecule has 1 unspecified atom stereocenters. The number of benzene rings is 1. The van der Waals surface area contributed by atoms with Crippen molar-refractivity contribution in [3.05, 3.63) is 39.9 Å². The van der Waals surface area contributed by atoms with Crippen molar-refractivity contribution in [1.82, 2.24) is 4.98 Å². The number of carbonyl (C=O) groups is 2. The number of rotatable bonds is 3. The van der Waals surface area contributed by atoms with Crippen molar-refractivity contribution in [2.45, 2.75) is 25.7 Å². The van der Waals surface area contributed by atoms with Crippen molar-refractivity contribution in [1.29, 1.82) is 0 Å². The highest BCUT2D eigenvalue weighted by Gasteiger charge is 2.36. The Balaban J connectivity index is 1.46. The Morgan fingerprint density at radius 1 is 1.33 bits per heavy atom. The molecule has 24 heavy (non-hydrogen) atoms. The lowest BCUT2D eigenvalue weighted by Crippen LogP contribution is -2.28. The number of amides is 2. The highest BCUT2D eigenvalue weighted by Crippen LogP contribution is 2.33. The van der Waals surface area contributed by atoms with E-state index in [2.05, 4.69) is 10.3 Å². The van der Waals surface area contributed by atoms with Crippen LogP contribution in [0, 0.1) is 5.92 Å². The molecule has 0 saturated carbocycles. The second-order valence-corrected chi connectivity index (χ2v) is 7.58. The second-order valence-electron chi connectivity index (χ2n) is 6.09. The quantitative estimate of drug-likeness (QED) is 0.912. The van der Waals surface area contributed by atoms with E-state index in [1.807, 2.05) is 12.1 Å². The van der Waals surface area contributed by atoms with Crippen LogP contribution in [0.25, 0.3) is 0 Å². The maximum atomic E-state index is 12.5. The fraction of sp³-hybridized carbons (Fsp3) is 0.353. The van der Waals surface area contributed by atoms with Crippen molar-refractivity contribution in [2.75, 3.05) is 16.8 Å². The smallest absolute Gasteiger partial charge is 0.231 e. The van der Waals surface area contributed by atoms with E-state index < -0.39 is 0 Å². The minimum Gasteiger partial charge on any atom is -0.310 e. The Hall–Kier alpha value is -1.92. The lowest BCUT2D eigenvalue weighted by molar-refractivity contribution is -0.122. The molecule has 1 aliphatic carbocycles. The van der Waals surface area contributed by atoms with Gasteiger partial charge in [0.15, 0.2) is 5.13 Å². The third-order valence-corrected chi connectivity index (χ3v) is 5.86. The molecule has 0 spiro atoms. The van der Waals surface area contributed by atoms with Crippen LogP contribution in [0.1, 0.15) is 23.4 Å². The molecule has 1 aliphatic heterocycles. The summed E-state index contributed by atoms with van der Waals surface area (Å²) in [5.41, 5.74) is 1.77. The van der Waals surface area contributed by atoms with Crippen molar-refractivity contribution in [3.8, 4) is 0 Å². The highest BCUT2D eigenvalue weighted by atomic mass is 35.5. The van der Waals surface area contributed by atoms with E-state index in [9.17, 15) is 9.59 Å². The van der Waals surface area contributed by atoms with Gasteiger partial charge in [-0.3, -0.25) is 9.59 Å². The maximum absolute atomic E-state index is 12.5. The third-order valence-electron chi connectivity index (χ3n) is 4.46. The number of aryl methyl sites for hydroxylation is 2. The van der Waals surface area contributed by atoms with E-state index in [-0.39, 0.29) is 24.2 Å². The van der Waals surface area contributed by atoms with E-state index in [0.717, 1.165) is 25.0 Å². The number of hydrogen-bond acceptors (Lipinski definition) is 4.